The Bertz CT molecular complexity index is 1660. The van der Waals surface area contributed by atoms with Crippen LogP contribution in [0.4, 0.5) is 24.5 Å². The molecule has 0 aromatic carbocycles. The van der Waals surface area contributed by atoms with Crippen molar-refractivity contribution in [2.75, 3.05) is 49.6 Å². The van der Waals surface area contributed by atoms with Crippen LogP contribution < -0.4 is 15.8 Å². The number of alkyl halides is 3. The summed E-state index contributed by atoms with van der Waals surface area (Å²) >= 11 is 5.82. The van der Waals surface area contributed by atoms with E-state index >= 15 is 0 Å². The molecule has 2 amide bonds. The average molecular weight is 609 g/mol. The molecule has 1 fully saturated rings. The second kappa shape index (κ2) is 11.4. The van der Waals surface area contributed by atoms with Crippen LogP contribution in [0.1, 0.15) is 36.3 Å². The van der Waals surface area contributed by atoms with Gasteiger partial charge in [0, 0.05) is 38.8 Å². The van der Waals surface area contributed by atoms with Gasteiger partial charge in [-0.05, 0) is 31.9 Å². The van der Waals surface area contributed by atoms with Gasteiger partial charge in [-0.15, -0.1) is 5.10 Å². The first kappa shape index (κ1) is 29.5. The van der Waals surface area contributed by atoms with Gasteiger partial charge in [0.15, 0.2) is 11.5 Å². The van der Waals surface area contributed by atoms with Gasteiger partial charge in [0.25, 0.3) is 5.56 Å². The van der Waals surface area contributed by atoms with E-state index in [1.807, 2.05) is 11.0 Å². The van der Waals surface area contributed by atoms with Crippen molar-refractivity contribution >= 4 is 46.1 Å². The number of nitrogens with one attached hydrogen (secondary N) is 1. The summed E-state index contributed by atoms with van der Waals surface area (Å²) in [6, 6.07) is 1.01. The quantitative estimate of drug-likeness (QED) is 0.469. The summed E-state index contributed by atoms with van der Waals surface area (Å²) in [7, 11) is 0. The summed E-state index contributed by atoms with van der Waals surface area (Å²) in [5.41, 5.74) is -0.159. The van der Waals surface area contributed by atoms with Gasteiger partial charge in [-0.3, -0.25) is 14.4 Å². The first-order chi connectivity index (χ1) is 19.8. The Labute approximate surface area is 242 Å². The van der Waals surface area contributed by atoms with Crippen molar-refractivity contribution in [3.63, 3.8) is 0 Å². The molecule has 42 heavy (non-hydrogen) atoms. The van der Waals surface area contributed by atoms with Crippen molar-refractivity contribution in [2.45, 2.75) is 39.9 Å². The number of carbonyl (C=O) groups excluding carboxylic acids is 2. The molecule has 0 spiro atoms. The number of aryl methyl sites for hydroxylation is 1. The highest BCUT2D eigenvalue weighted by Crippen LogP contribution is 2.35. The molecule has 16 heteroatoms. The van der Waals surface area contributed by atoms with E-state index in [0.29, 0.717) is 63.0 Å². The monoisotopic (exact) mass is 608 g/mol. The van der Waals surface area contributed by atoms with Gasteiger partial charge in [-0.2, -0.15) is 22.7 Å². The van der Waals surface area contributed by atoms with Gasteiger partial charge >= 0.3 is 6.18 Å². The van der Waals surface area contributed by atoms with E-state index in [-0.39, 0.29) is 29.6 Å². The normalized spacial score (nSPS) is 16.1. The van der Waals surface area contributed by atoms with Crippen LogP contribution in [0.15, 0.2) is 16.9 Å². The fourth-order valence-corrected chi connectivity index (χ4v) is 5.31. The minimum Gasteiger partial charge on any atom is -0.377 e. The summed E-state index contributed by atoms with van der Waals surface area (Å²) in [5.74, 6) is -0.209. The molecule has 5 heterocycles. The fraction of sp³-hybridized carbons (Fsp3) is 0.462. The second-order valence-corrected chi connectivity index (χ2v) is 10.4. The van der Waals surface area contributed by atoms with Crippen molar-refractivity contribution in [2.24, 2.45) is 0 Å². The Kier molecular flexibility index (Phi) is 7.98. The van der Waals surface area contributed by atoms with E-state index in [4.69, 9.17) is 16.3 Å². The van der Waals surface area contributed by atoms with Crippen LogP contribution >= 0.6 is 11.6 Å². The van der Waals surface area contributed by atoms with E-state index in [1.54, 1.807) is 11.8 Å². The molecule has 1 N–H and O–H groups in total. The number of anilines is 2. The zero-order valence-electron chi connectivity index (χ0n) is 23.1. The minimum atomic E-state index is -4.75. The lowest BCUT2D eigenvalue weighted by Crippen LogP contribution is -2.50. The Morgan fingerprint density at radius 1 is 1.14 bits per heavy atom. The molecule has 12 nitrogen and oxygen atoms in total. The molecule has 0 bridgehead atoms. The highest BCUT2D eigenvalue weighted by atomic mass is 35.5. The zero-order chi connectivity index (χ0) is 30.3. The number of halogens is 4. The van der Waals surface area contributed by atoms with Crippen molar-refractivity contribution in [1.82, 2.24) is 29.0 Å². The summed E-state index contributed by atoms with van der Waals surface area (Å²) in [4.78, 5) is 50.5. The van der Waals surface area contributed by atoms with Crippen LogP contribution in [-0.2, 0) is 27.0 Å². The number of rotatable bonds is 5. The van der Waals surface area contributed by atoms with Crippen LogP contribution in [0.3, 0.4) is 0 Å². The van der Waals surface area contributed by atoms with Crippen LogP contribution in [0.25, 0.3) is 11.4 Å². The van der Waals surface area contributed by atoms with Gasteiger partial charge in [0.1, 0.15) is 12.2 Å². The molecule has 0 radical (unpaired) electrons. The molecule has 5 rings (SSSR count). The molecular weight excluding hydrogens is 581 g/mol. The third-order valence-corrected chi connectivity index (χ3v) is 7.56. The Morgan fingerprint density at radius 3 is 2.48 bits per heavy atom. The molecule has 0 saturated carbocycles. The second-order valence-electron chi connectivity index (χ2n) is 10.0. The number of ether oxygens (including phenoxy) is 1. The number of amides is 2. The maximum Gasteiger partial charge on any atom is 0.434 e. The lowest BCUT2D eigenvalue weighted by atomic mass is 10.1. The van der Waals surface area contributed by atoms with Gasteiger partial charge in [0.2, 0.25) is 17.6 Å². The van der Waals surface area contributed by atoms with Crippen LogP contribution in [0.5, 0.6) is 0 Å². The summed E-state index contributed by atoms with van der Waals surface area (Å²) in [6.45, 7) is 6.65. The summed E-state index contributed by atoms with van der Waals surface area (Å²) in [5, 5.41) is 6.41. The smallest absolute Gasteiger partial charge is 0.377 e. The molecule has 2 aliphatic heterocycles. The van der Waals surface area contributed by atoms with E-state index in [9.17, 15) is 27.6 Å². The number of piperazine rings is 1. The first-order valence-electron chi connectivity index (χ1n) is 13.2. The average Bonchev–Trinajstić information content (AvgIpc) is 3.39. The number of hydrogen-bond acceptors (Lipinski definition) is 8. The number of carbonyl (C=O) groups is 2. The summed E-state index contributed by atoms with van der Waals surface area (Å²) < 4.78 is 47.7. The molecule has 3 aromatic rings. The SMILES string of the molecule is CC(=O)N1CCN(c2c(C)n(CC(=O)Nc3cc(Cl)c(C(F)(F)F)nc3C)c3nc(C4=CCOCC4)nn3c2=O)CC1. The van der Waals surface area contributed by atoms with Gasteiger partial charge in [-0.1, -0.05) is 17.7 Å². The number of fused-ring (bicyclic) bond motifs is 1. The van der Waals surface area contributed by atoms with Crippen molar-refractivity contribution in [3.05, 3.63) is 50.4 Å². The Morgan fingerprint density at radius 2 is 1.86 bits per heavy atom. The molecule has 0 aliphatic carbocycles. The highest BCUT2D eigenvalue weighted by molar-refractivity contribution is 6.31. The van der Waals surface area contributed by atoms with Gasteiger partial charge < -0.3 is 24.4 Å². The predicted octanol–water partition coefficient (Wildman–Crippen LogP) is 2.69. The predicted molar refractivity (Wildman–Crippen MR) is 147 cm³/mol. The zero-order valence-corrected chi connectivity index (χ0v) is 23.8. The topological polar surface area (TPSA) is 127 Å². The summed E-state index contributed by atoms with van der Waals surface area (Å²) in [6.07, 6.45) is -2.37. The molecule has 1 saturated heterocycles. The lowest BCUT2D eigenvalue weighted by Gasteiger charge is -2.36. The van der Waals surface area contributed by atoms with E-state index in [2.05, 4.69) is 20.4 Å². The molecule has 2 aliphatic rings. The standard InChI is InChI=1S/C26H28ClF3N8O4/c1-14-19(12-18(27)22(31-14)26(28,29)30)32-20(40)13-37-15(2)21(36-8-6-35(7-9-36)16(3)39)24(41)38-25(37)33-23(34-38)17-4-10-42-11-5-17/h4,12H,5-11,13H2,1-3H3,(H,32,40). The highest BCUT2D eigenvalue weighted by Gasteiger charge is 2.36. The Balaban J connectivity index is 1.54. The van der Waals surface area contributed by atoms with Gasteiger partial charge in [-0.25, -0.2) is 4.98 Å². The van der Waals surface area contributed by atoms with Crippen LogP contribution in [-0.4, -0.2) is 80.3 Å². The minimum absolute atomic E-state index is 0.0165. The van der Waals surface area contributed by atoms with Crippen LogP contribution in [0.2, 0.25) is 5.02 Å². The van der Waals surface area contributed by atoms with Crippen molar-refractivity contribution < 1.29 is 27.5 Å². The van der Waals surface area contributed by atoms with Crippen molar-refractivity contribution in [1.29, 1.82) is 0 Å². The van der Waals surface area contributed by atoms with E-state index in [0.717, 1.165) is 16.2 Å². The lowest BCUT2D eigenvalue weighted by molar-refractivity contribution is -0.141. The number of nitrogens with zero attached hydrogens (tertiary/aromatic N) is 7. The van der Waals surface area contributed by atoms with E-state index in [1.165, 1.54) is 18.4 Å². The third kappa shape index (κ3) is 5.70. The molecular formula is C26H28ClF3N8O4. The molecule has 0 atom stereocenters. The largest absolute Gasteiger partial charge is 0.434 e. The number of pyridine rings is 1. The van der Waals surface area contributed by atoms with Crippen LogP contribution in [0, 0.1) is 13.8 Å². The number of aromatic nitrogens is 5. The fourth-order valence-electron chi connectivity index (χ4n) is 5.05. The maximum absolute atomic E-state index is 13.7. The molecule has 3 aromatic heterocycles. The van der Waals surface area contributed by atoms with Gasteiger partial charge in [0.05, 0.1) is 29.6 Å². The van der Waals surface area contributed by atoms with Crippen molar-refractivity contribution in [3.8, 4) is 0 Å². The Hall–Kier alpha value is -3.98. The van der Waals surface area contributed by atoms with E-state index < -0.39 is 28.4 Å². The molecule has 224 valence electrons. The third-order valence-electron chi connectivity index (χ3n) is 7.28. The number of hydrogen-bond donors (Lipinski definition) is 1. The molecule has 0 unspecified atom stereocenters. The maximum atomic E-state index is 13.7. The first-order valence-corrected chi connectivity index (χ1v) is 13.5.